The van der Waals surface area contributed by atoms with E-state index in [1.807, 2.05) is 12.1 Å². The van der Waals surface area contributed by atoms with Crippen molar-refractivity contribution in [3.05, 3.63) is 43.0 Å². The van der Waals surface area contributed by atoms with E-state index in [4.69, 9.17) is 0 Å². The van der Waals surface area contributed by atoms with Crippen molar-refractivity contribution in [2.24, 2.45) is 0 Å². The lowest BCUT2D eigenvalue weighted by Gasteiger charge is -1.96. The normalized spacial score (nSPS) is 11.0. The van der Waals surface area contributed by atoms with Crippen LogP contribution in [0.5, 0.6) is 5.75 Å². The summed E-state index contributed by atoms with van der Waals surface area (Å²) in [7, 11) is 0. The number of rotatable bonds is 2. The molecular formula is C13H8N6OS. The van der Waals surface area contributed by atoms with Gasteiger partial charge < -0.3 is 5.11 Å². The molecule has 102 valence electrons. The fraction of sp³-hybridized carbons (Fsp3) is 0. The van der Waals surface area contributed by atoms with Crippen LogP contribution in [0.3, 0.4) is 0 Å². The molecule has 0 atom stereocenters. The summed E-state index contributed by atoms with van der Waals surface area (Å²) in [5, 5.41) is 23.0. The molecule has 0 amide bonds. The topological polar surface area (TPSA) is 89.1 Å². The third-order valence-corrected chi connectivity index (χ3v) is 3.83. The predicted octanol–water partition coefficient (Wildman–Crippen LogP) is 2.02. The molecule has 0 aliphatic rings. The standard InChI is InChI=1S/C13H8N6OS/c20-10-4-9(6-15-7-10)12-18-19-11(16-17-13(19)21-12)8-2-1-3-14-5-8/h1-7,20H. The van der Waals surface area contributed by atoms with Crippen LogP contribution in [-0.2, 0) is 0 Å². The first kappa shape index (κ1) is 11.9. The lowest BCUT2D eigenvalue weighted by Crippen LogP contribution is -1.91. The minimum Gasteiger partial charge on any atom is -0.506 e. The van der Waals surface area contributed by atoms with Crippen molar-refractivity contribution in [1.82, 2.24) is 29.8 Å². The molecule has 0 aromatic carbocycles. The number of hydrogen-bond donors (Lipinski definition) is 1. The van der Waals surface area contributed by atoms with Crippen molar-refractivity contribution >= 4 is 16.3 Å². The van der Waals surface area contributed by atoms with Gasteiger partial charge in [-0.2, -0.15) is 9.61 Å². The Morgan fingerprint density at radius 1 is 1.05 bits per heavy atom. The average molecular weight is 296 g/mol. The summed E-state index contributed by atoms with van der Waals surface area (Å²) in [5.41, 5.74) is 1.58. The van der Waals surface area contributed by atoms with Gasteiger partial charge in [0.1, 0.15) is 10.8 Å². The van der Waals surface area contributed by atoms with Gasteiger partial charge in [0, 0.05) is 29.7 Å². The summed E-state index contributed by atoms with van der Waals surface area (Å²) in [5.74, 6) is 0.736. The Kier molecular flexibility index (Phi) is 2.61. The Morgan fingerprint density at radius 3 is 2.76 bits per heavy atom. The maximum Gasteiger partial charge on any atom is 0.235 e. The number of aromatic hydroxyl groups is 1. The highest BCUT2D eigenvalue weighted by atomic mass is 32.1. The van der Waals surface area contributed by atoms with Crippen molar-refractivity contribution in [3.63, 3.8) is 0 Å². The molecule has 0 aliphatic heterocycles. The van der Waals surface area contributed by atoms with Gasteiger partial charge in [0.05, 0.1) is 6.20 Å². The quantitative estimate of drug-likeness (QED) is 0.608. The molecule has 0 saturated carbocycles. The second kappa shape index (κ2) is 4.60. The van der Waals surface area contributed by atoms with Crippen LogP contribution in [0.2, 0.25) is 0 Å². The van der Waals surface area contributed by atoms with E-state index in [0.717, 1.165) is 11.1 Å². The Morgan fingerprint density at radius 2 is 1.95 bits per heavy atom. The lowest BCUT2D eigenvalue weighted by atomic mass is 10.3. The van der Waals surface area contributed by atoms with Gasteiger partial charge in [0.25, 0.3) is 0 Å². The first-order valence-electron chi connectivity index (χ1n) is 6.08. The number of nitrogens with zero attached hydrogens (tertiary/aromatic N) is 6. The Bertz CT molecular complexity index is 917. The average Bonchev–Trinajstić information content (AvgIpc) is 3.08. The molecule has 4 rings (SSSR count). The number of aromatic nitrogens is 6. The Labute approximate surface area is 122 Å². The van der Waals surface area contributed by atoms with Crippen LogP contribution in [-0.4, -0.2) is 34.9 Å². The van der Waals surface area contributed by atoms with Crippen molar-refractivity contribution in [3.8, 4) is 27.7 Å². The summed E-state index contributed by atoms with van der Waals surface area (Å²) >= 11 is 1.38. The highest BCUT2D eigenvalue weighted by molar-refractivity contribution is 7.19. The van der Waals surface area contributed by atoms with Crippen LogP contribution in [0, 0.1) is 0 Å². The van der Waals surface area contributed by atoms with Gasteiger partial charge >= 0.3 is 0 Å². The van der Waals surface area contributed by atoms with E-state index in [2.05, 4.69) is 25.3 Å². The van der Waals surface area contributed by atoms with Crippen LogP contribution in [0.15, 0.2) is 43.0 Å². The van der Waals surface area contributed by atoms with Crippen LogP contribution in [0.4, 0.5) is 0 Å². The van der Waals surface area contributed by atoms with E-state index in [-0.39, 0.29) is 5.75 Å². The Hall–Kier alpha value is -2.87. The molecule has 0 saturated heterocycles. The first-order chi connectivity index (χ1) is 10.3. The molecule has 4 aromatic rings. The summed E-state index contributed by atoms with van der Waals surface area (Å²) in [4.78, 5) is 8.71. The van der Waals surface area contributed by atoms with Gasteiger partial charge in [0.15, 0.2) is 5.82 Å². The van der Waals surface area contributed by atoms with Gasteiger partial charge in [-0.3, -0.25) is 9.97 Å². The fourth-order valence-electron chi connectivity index (χ4n) is 1.95. The predicted molar refractivity (Wildman–Crippen MR) is 76.8 cm³/mol. The third-order valence-electron chi connectivity index (χ3n) is 2.88. The zero-order valence-electron chi connectivity index (χ0n) is 10.6. The molecule has 1 N–H and O–H groups in total. The largest absolute Gasteiger partial charge is 0.506 e. The van der Waals surface area contributed by atoms with Crippen LogP contribution >= 0.6 is 11.3 Å². The molecule has 0 radical (unpaired) electrons. The molecule has 0 aliphatic carbocycles. The van der Waals surface area contributed by atoms with Gasteiger partial charge in [0.2, 0.25) is 4.96 Å². The lowest BCUT2D eigenvalue weighted by molar-refractivity contribution is 0.473. The molecule has 4 aromatic heterocycles. The zero-order chi connectivity index (χ0) is 14.2. The molecule has 8 heteroatoms. The van der Waals surface area contributed by atoms with Gasteiger partial charge in [-0.15, -0.1) is 10.2 Å². The minimum absolute atomic E-state index is 0.103. The molecule has 4 heterocycles. The second-order valence-corrected chi connectivity index (χ2v) is 5.25. The summed E-state index contributed by atoms with van der Waals surface area (Å²) in [6.07, 6.45) is 6.44. The van der Waals surface area contributed by atoms with E-state index in [0.29, 0.717) is 15.8 Å². The van der Waals surface area contributed by atoms with Crippen LogP contribution < -0.4 is 0 Å². The van der Waals surface area contributed by atoms with Crippen molar-refractivity contribution in [2.45, 2.75) is 0 Å². The maximum absolute atomic E-state index is 9.50. The number of hydrogen-bond acceptors (Lipinski definition) is 7. The fourth-order valence-corrected chi connectivity index (χ4v) is 2.77. The Balaban J connectivity index is 1.87. The zero-order valence-corrected chi connectivity index (χ0v) is 11.4. The monoisotopic (exact) mass is 296 g/mol. The summed E-state index contributed by atoms with van der Waals surface area (Å²) in [6.45, 7) is 0. The van der Waals surface area contributed by atoms with Crippen LogP contribution in [0.1, 0.15) is 0 Å². The van der Waals surface area contributed by atoms with Gasteiger partial charge in [-0.25, -0.2) is 0 Å². The third kappa shape index (κ3) is 2.01. The van der Waals surface area contributed by atoms with Crippen molar-refractivity contribution in [2.75, 3.05) is 0 Å². The molecule has 0 fully saturated rings. The van der Waals surface area contributed by atoms with Crippen molar-refractivity contribution in [1.29, 1.82) is 0 Å². The van der Waals surface area contributed by atoms with E-state index in [1.165, 1.54) is 17.5 Å². The highest BCUT2D eigenvalue weighted by Gasteiger charge is 2.14. The summed E-state index contributed by atoms with van der Waals surface area (Å²) in [6, 6.07) is 5.35. The van der Waals surface area contributed by atoms with E-state index in [1.54, 1.807) is 29.2 Å². The van der Waals surface area contributed by atoms with Gasteiger partial charge in [-0.1, -0.05) is 11.3 Å². The summed E-state index contributed by atoms with van der Waals surface area (Å²) < 4.78 is 1.67. The molecule has 7 nitrogen and oxygen atoms in total. The van der Waals surface area contributed by atoms with E-state index >= 15 is 0 Å². The van der Waals surface area contributed by atoms with Gasteiger partial charge in [-0.05, 0) is 18.2 Å². The SMILES string of the molecule is Oc1cncc(-c2nn3c(-c4cccnc4)nnc3s2)c1. The molecule has 21 heavy (non-hydrogen) atoms. The smallest absolute Gasteiger partial charge is 0.235 e. The second-order valence-electron chi connectivity index (χ2n) is 4.30. The number of fused-ring (bicyclic) bond motifs is 1. The van der Waals surface area contributed by atoms with Crippen LogP contribution in [0.25, 0.3) is 26.9 Å². The van der Waals surface area contributed by atoms with E-state index in [9.17, 15) is 5.11 Å². The van der Waals surface area contributed by atoms with E-state index < -0.39 is 0 Å². The van der Waals surface area contributed by atoms with Crippen molar-refractivity contribution < 1.29 is 5.11 Å². The maximum atomic E-state index is 9.50. The molecule has 0 bridgehead atoms. The first-order valence-corrected chi connectivity index (χ1v) is 6.90. The molecule has 0 spiro atoms. The highest BCUT2D eigenvalue weighted by Crippen LogP contribution is 2.28. The minimum atomic E-state index is 0.103. The number of pyridine rings is 2. The molecule has 0 unspecified atom stereocenters. The molecular weight excluding hydrogens is 288 g/mol.